The van der Waals surface area contributed by atoms with Gasteiger partial charge in [-0.25, -0.2) is 9.59 Å². The van der Waals surface area contributed by atoms with Gasteiger partial charge in [0.15, 0.2) is 0 Å². The lowest BCUT2D eigenvalue weighted by atomic mass is 9.98. The van der Waals surface area contributed by atoms with Crippen LogP contribution in [0, 0.1) is 0 Å². The van der Waals surface area contributed by atoms with Gasteiger partial charge in [-0.3, -0.25) is 4.79 Å². The molecule has 1 heterocycles. The van der Waals surface area contributed by atoms with Crippen LogP contribution in [0.25, 0.3) is 11.1 Å². The van der Waals surface area contributed by atoms with Crippen molar-refractivity contribution < 1.29 is 29.0 Å². The summed E-state index contributed by atoms with van der Waals surface area (Å²) in [7, 11) is 1.25. The van der Waals surface area contributed by atoms with E-state index in [-0.39, 0.29) is 25.5 Å². The molecular weight excluding hydrogens is 472 g/mol. The molecule has 0 spiro atoms. The van der Waals surface area contributed by atoms with Crippen molar-refractivity contribution in [3.05, 3.63) is 95.6 Å². The highest BCUT2D eigenvalue weighted by Gasteiger charge is 2.46. The van der Waals surface area contributed by atoms with Crippen molar-refractivity contribution in [2.75, 3.05) is 20.3 Å². The van der Waals surface area contributed by atoms with Gasteiger partial charge in [-0.15, -0.1) is 0 Å². The van der Waals surface area contributed by atoms with E-state index in [1.807, 2.05) is 78.9 Å². The minimum atomic E-state index is -1.22. The lowest BCUT2D eigenvalue weighted by Gasteiger charge is -2.26. The van der Waals surface area contributed by atoms with E-state index < -0.39 is 36.2 Å². The molecule has 8 heteroatoms. The number of rotatable bonds is 7. The number of fused-ring (bicyclic) bond motifs is 3. The maximum atomic E-state index is 13.2. The molecule has 3 aromatic carbocycles. The van der Waals surface area contributed by atoms with E-state index in [0.29, 0.717) is 0 Å². The van der Waals surface area contributed by atoms with Gasteiger partial charge in [-0.1, -0.05) is 78.9 Å². The van der Waals surface area contributed by atoms with Crippen molar-refractivity contribution in [2.24, 2.45) is 0 Å². The maximum absolute atomic E-state index is 13.2. The molecule has 2 N–H and O–H groups in total. The highest BCUT2D eigenvalue weighted by atomic mass is 16.5. The van der Waals surface area contributed by atoms with Crippen LogP contribution < -0.4 is 5.32 Å². The lowest BCUT2D eigenvalue weighted by Crippen LogP contribution is -2.49. The van der Waals surface area contributed by atoms with Crippen molar-refractivity contribution in [3.63, 3.8) is 0 Å². The summed E-state index contributed by atoms with van der Waals surface area (Å²) in [6.07, 6.45) is -1.78. The zero-order chi connectivity index (χ0) is 25.9. The van der Waals surface area contributed by atoms with Gasteiger partial charge in [-0.05, 0) is 27.8 Å². The molecule has 190 valence electrons. The van der Waals surface area contributed by atoms with Crippen LogP contribution in [0.2, 0.25) is 0 Å². The Kier molecular flexibility index (Phi) is 6.92. The van der Waals surface area contributed by atoms with Gasteiger partial charge in [0.1, 0.15) is 24.8 Å². The minimum Gasteiger partial charge on any atom is -0.467 e. The summed E-state index contributed by atoms with van der Waals surface area (Å²) < 4.78 is 10.5. The predicted molar refractivity (Wildman–Crippen MR) is 136 cm³/mol. The topological polar surface area (TPSA) is 105 Å². The number of carbonyl (C=O) groups is 3. The van der Waals surface area contributed by atoms with Gasteiger partial charge in [0.25, 0.3) is 0 Å². The summed E-state index contributed by atoms with van der Waals surface area (Å²) in [5.41, 5.74) is 5.20. The fourth-order valence-corrected chi connectivity index (χ4v) is 5.24. The van der Waals surface area contributed by atoms with Gasteiger partial charge in [-0.2, -0.15) is 0 Å². The van der Waals surface area contributed by atoms with Crippen LogP contribution in [-0.4, -0.2) is 66.4 Å². The van der Waals surface area contributed by atoms with Gasteiger partial charge in [0.2, 0.25) is 5.91 Å². The van der Waals surface area contributed by atoms with Crippen LogP contribution in [0.3, 0.4) is 0 Å². The number of methoxy groups -OCH3 is 1. The number of hydrogen-bond donors (Lipinski definition) is 2. The van der Waals surface area contributed by atoms with Crippen molar-refractivity contribution >= 4 is 18.0 Å². The average molecular weight is 501 g/mol. The van der Waals surface area contributed by atoms with Crippen molar-refractivity contribution in [1.29, 1.82) is 0 Å². The molecule has 2 aliphatic rings. The summed E-state index contributed by atoms with van der Waals surface area (Å²) >= 11 is 0. The molecule has 8 nitrogen and oxygen atoms in total. The van der Waals surface area contributed by atoms with Crippen LogP contribution in [0.1, 0.15) is 22.6 Å². The molecule has 2 amide bonds. The predicted octanol–water partition coefficient (Wildman–Crippen LogP) is 2.88. The summed E-state index contributed by atoms with van der Waals surface area (Å²) in [4.78, 5) is 39.7. The summed E-state index contributed by atoms with van der Waals surface area (Å²) in [5.74, 6) is -1.29. The standard InChI is InChI=1S/C29H28N2O6/c1-36-28(34)24(15-18-9-3-2-4-10-18)31-16-25(32)26(27(31)33)30-29(35)37-17-23-21-13-7-5-11-19(21)20-12-6-8-14-22(20)23/h2-14,23-26,32H,15-17H2,1H3,(H,30,35)/t24-,25-,26-/m0/s1. The smallest absolute Gasteiger partial charge is 0.407 e. The molecule has 0 bridgehead atoms. The molecule has 1 fully saturated rings. The maximum Gasteiger partial charge on any atom is 0.407 e. The summed E-state index contributed by atoms with van der Waals surface area (Å²) in [6, 6.07) is 23.1. The first kappa shape index (κ1) is 24.5. The fraction of sp³-hybridized carbons (Fsp3) is 0.276. The summed E-state index contributed by atoms with van der Waals surface area (Å²) in [5, 5.41) is 13.1. The largest absolute Gasteiger partial charge is 0.467 e. The van der Waals surface area contributed by atoms with E-state index in [2.05, 4.69) is 5.32 Å². The van der Waals surface area contributed by atoms with E-state index in [1.54, 1.807) is 0 Å². The number of aliphatic hydroxyl groups excluding tert-OH is 1. The van der Waals surface area contributed by atoms with Crippen LogP contribution >= 0.6 is 0 Å². The first-order valence-electron chi connectivity index (χ1n) is 12.2. The summed E-state index contributed by atoms with van der Waals surface area (Å²) in [6.45, 7) is -0.0286. The number of benzene rings is 3. The quantitative estimate of drug-likeness (QED) is 0.484. The van der Waals surface area contributed by atoms with Crippen molar-refractivity contribution in [3.8, 4) is 11.1 Å². The second-order valence-corrected chi connectivity index (χ2v) is 9.23. The fourth-order valence-electron chi connectivity index (χ4n) is 5.24. The molecule has 0 unspecified atom stereocenters. The van der Waals surface area contributed by atoms with Gasteiger partial charge >= 0.3 is 12.1 Å². The number of aliphatic hydroxyl groups is 1. The number of alkyl carbamates (subject to hydrolysis) is 1. The highest BCUT2D eigenvalue weighted by Crippen LogP contribution is 2.44. The molecule has 3 atom stereocenters. The van der Waals surface area contributed by atoms with Crippen molar-refractivity contribution in [1.82, 2.24) is 10.2 Å². The second kappa shape index (κ2) is 10.4. The number of β-amino-alcohol motifs (C(OH)–C–C–N with tert-alkyl or cyclic N) is 1. The van der Waals surface area contributed by atoms with Crippen LogP contribution in [-0.2, 0) is 25.5 Å². The second-order valence-electron chi connectivity index (χ2n) is 9.23. The monoisotopic (exact) mass is 500 g/mol. The molecular formula is C29H28N2O6. The Bertz CT molecular complexity index is 1270. The van der Waals surface area contributed by atoms with Gasteiger partial charge in [0.05, 0.1) is 13.7 Å². The molecule has 1 aliphatic heterocycles. The molecule has 3 aromatic rings. The number of ether oxygens (including phenoxy) is 2. The third-order valence-corrected chi connectivity index (χ3v) is 7.06. The van der Waals surface area contributed by atoms with E-state index in [0.717, 1.165) is 27.8 Å². The number of amides is 2. The Morgan fingerprint density at radius 1 is 0.973 bits per heavy atom. The molecule has 5 rings (SSSR count). The van der Waals surface area contributed by atoms with E-state index in [9.17, 15) is 19.5 Å². The first-order chi connectivity index (χ1) is 18.0. The lowest BCUT2D eigenvalue weighted by molar-refractivity contribution is -0.151. The Morgan fingerprint density at radius 3 is 2.19 bits per heavy atom. The zero-order valence-electron chi connectivity index (χ0n) is 20.4. The molecule has 1 saturated heterocycles. The Morgan fingerprint density at radius 2 is 1.57 bits per heavy atom. The van der Waals surface area contributed by atoms with Crippen molar-refractivity contribution in [2.45, 2.75) is 30.5 Å². The third kappa shape index (κ3) is 4.80. The number of carbonyl (C=O) groups excluding carboxylic acids is 3. The van der Waals surface area contributed by atoms with Crippen LogP contribution in [0.5, 0.6) is 0 Å². The van der Waals surface area contributed by atoms with Crippen LogP contribution in [0.4, 0.5) is 4.79 Å². The van der Waals surface area contributed by atoms with E-state index >= 15 is 0 Å². The SMILES string of the molecule is COC(=O)[C@H](Cc1ccccc1)N1C[C@H](O)[C@H](NC(=O)OCC2c3ccccc3-c3ccccc32)C1=O. The normalized spacial score (nSPS) is 19.2. The third-order valence-electron chi connectivity index (χ3n) is 7.06. The van der Waals surface area contributed by atoms with E-state index in [1.165, 1.54) is 12.0 Å². The number of hydrogen-bond acceptors (Lipinski definition) is 6. The van der Waals surface area contributed by atoms with Gasteiger partial charge in [0, 0.05) is 12.3 Å². The average Bonchev–Trinajstić information content (AvgIpc) is 3.39. The molecule has 1 aliphatic carbocycles. The number of nitrogens with zero attached hydrogens (tertiary/aromatic N) is 1. The number of esters is 1. The first-order valence-corrected chi connectivity index (χ1v) is 12.2. The molecule has 0 radical (unpaired) electrons. The van der Waals surface area contributed by atoms with E-state index in [4.69, 9.17) is 9.47 Å². The minimum absolute atomic E-state index is 0.0827. The van der Waals surface area contributed by atoms with Gasteiger partial charge < -0.3 is 24.8 Å². The number of likely N-dealkylation sites (tertiary alicyclic amines) is 1. The molecule has 37 heavy (non-hydrogen) atoms. The Labute approximate surface area is 214 Å². The Balaban J connectivity index is 1.25. The molecule has 0 aromatic heterocycles. The zero-order valence-corrected chi connectivity index (χ0v) is 20.4. The van der Waals surface area contributed by atoms with Crippen LogP contribution in [0.15, 0.2) is 78.9 Å². The Hall–Kier alpha value is -4.17. The molecule has 0 saturated carbocycles. The number of nitrogens with one attached hydrogen (secondary N) is 1. The highest BCUT2D eigenvalue weighted by molar-refractivity contribution is 5.92.